The number of piperidine rings is 1. The quantitative estimate of drug-likeness (QED) is 0.873. The third-order valence-corrected chi connectivity index (χ3v) is 4.91. The predicted octanol–water partition coefficient (Wildman–Crippen LogP) is 4.01. The summed E-state index contributed by atoms with van der Waals surface area (Å²) in [7, 11) is 0. The molecule has 5 heteroatoms. The summed E-state index contributed by atoms with van der Waals surface area (Å²) in [4.78, 5) is 14.5. The number of amides is 1. The lowest BCUT2D eigenvalue weighted by atomic mass is 9.95. The van der Waals surface area contributed by atoms with E-state index in [1.807, 2.05) is 30.3 Å². The van der Waals surface area contributed by atoms with E-state index in [0.717, 1.165) is 31.5 Å². The van der Waals surface area contributed by atoms with Gasteiger partial charge in [-0.2, -0.15) is 0 Å². The summed E-state index contributed by atoms with van der Waals surface area (Å²) < 4.78 is 13.9. The standard InChI is InChI=1S/C20H22ClFN2O/c21-18-7-6-17(19(22)12-18)14-24-10-8-16(9-11-24)20(25)23-13-15-4-2-1-3-5-15/h1-7,12,16H,8-11,13-14H2,(H,23,25). The average Bonchev–Trinajstić information content (AvgIpc) is 2.63. The first kappa shape index (κ1) is 17.9. The maximum Gasteiger partial charge on any atom is 0.223 e. The number of halogens is 2. The Hall–Kier alpha value is -1.91. The summed E-state index contributed by atoms with van der Waals surface area (Å²) in [6, 6.07) is 14.7. The number of rotatable bonds is 5. The van der Waals surface area contributed by atoms with Gasteiger partial charge in [-0.1, -0.05) is 48.0 Å². The lowest BCUT2D eigenvalue weighted by Crippen LogP contribution is -2.40. The smallest absolute Gasteiger partial charge is 0.223 e. The Morgan fingerprint density at radius 2 is 1.88 bits per heavy atom. The fraction of sp³-hybridized carbons (Fsp3) is 0.350. The molecular formula is C20H22ClFN2O. The third-order valence-electron chi connectivity index (χ3n) is 4.68. The Balaban J connectivity index is 1.45. The SMILES string of the molecule is O=C(NCc1ccccc1)C1CCN(Cc2ccc(Cl)cc2F)CC1. The molecule has 2 aromatic carbocycles. The Morgan fingerprint density at radius 3 is 2.56 bits per heavy atom. The van der Waals surface area contributed by atoms with E-state index in [0.29, 0.717) is 23.7 Å². The lowest BCUT2D eigenvalue weighted by molar-refractivity contribution is -0.126. The van der Waals surface area contributed by atoms with Crippen molar-refractivity contribution in [2.45, 2.75) is 25.9 Å². The molecule has 0 radical (unpaired) electrons. The number of likely N-dealkylation sites (tertiary alicyclic amines) is 1. The molecule has 0 saturated carbocycles. The van der Waals surface area contributed by atoms with Crippen molar-refractivity contribution in [1.29, 1.82) is 0 Å². The van der Waals surface area contributed by atoms with Crippen molar-refractivity contribution in [2.24, 2.45) is 5.92 Å². The molecule has 1 aliphatic rings. The van der Waals surface area contributed by atoms with Crippen molar-refractivity contribution in [2.75, 3.05) is 13.1 Å². The highest BCUT2D eigenvalue weighted by Gasteiger charge is 2.25. The average molecular weight is 361 g/mol. The van der Waals surface area contributed by atoms with Gasteiger partial charge in [0.2, 0.25) is 5.91 Å². The van der Waals surface area contributed by atoms with Crippen LogP contribution in [0.4, 0.5) is 4.39 Å². The van der Waals surface area contributed by atoms with E-state index in [1.54, 1.807) is 12.1 Å². The van der Waals surface area contributed by atoms with Crippen LogP contribution < -0.4 is 5.32 Å². The summed E-state index contributed by atoms with van der Waals surface area (Å²) in [6.07, 6.45) is 1.60. The molecule has 1 saturated heterocycles. The number of nitrogens with zero attached hydrogens (tertiary/aromatic N) is 1. The number of carbonyl (C=O) groups is 1. The van der Waals surface area contributed by atoms with Gasteiger partial charge in [-0.25, -0.2) is 4.39 Å². The minimum absolute atomic E-state index is 0.0371. The second kappa shape index (κ2) is 8.45. The first-order valence-electron chi connectivity index (χ1n) is 8.60. The van der Waals surface area contributed by atoms with E-state index in [9.17, 15) is 9.18 Å². The molecule has 3 rings (SSSR count). The van der Waals surface area contributed by atoms with Crippen LogP contribution in [0.1, 0.15) is 24.0 Å². The van der Waals surface area contributed by atoms with Crippen LogP contribution in [-0.4, -0.2) is 23.9 Å². The van der Waals surface area contributed by atoms with Gasteiger partial charge in [0.15, 0.2) is 0 Å². The largest absolute Gasteiger partial charge is 0.352 e. The summed E-state index contributed by atoms with van der Waals surface area (Å²) >= 11 is 5.79. The molecular weight excluding hydrogens is 339 g/mol. The van der Waals surface area contributed by atoms with E-state index >= 15 is 0 Å². The van der Waals surface area contributed by atoms with Gasteiger partial charge in [-0.3, -0.25) is 9.69 Å². The molecule has 0 bridgehead atoms. The molecule has 1 N–H and O–H groups in total. The molecule has 132 valence electrons. The van der Waals surface area contributed by atoms with Crippen molar-refractivity contribution >= 4 is 17.5 Å². The normalized spacial score (nSPS) is 15.9. The minimum Gasteiger partial charge on any atom is -0.352 e. The monoisotopic (exact) mass is 360 g/mol. The summed E-state index contributed by atoms with van der Waals surface area (Å²) in [5, 5.41) is 3.43. The molecule has 0 atom stereocenters. The summed E-state index contributed by atoms with van der Waals surface area (Å²) in [5.41, 5.74) is 1.75. The number of benzene rings is 2. The Kier molecular flexibility index (Phi) is 6.05. The summed E-state index contributed by atoms with van der Waals surface area (Å²) in [6.45, 7) is 2.72. The highest BCUT2D eigenvalue weighted by Crippen LogP contribution is 2.21. The molecule has 0 aromatic heterocycles. The van der Waals surface area contributed by atoms with Crippen molar-refractivity contribution in [3.05, 3.63) is 70.5 Å². The molecule has 0 spiro atoms. The second-order valence-electron chi connectivity index (χ2n) is 6.49. The number of hydrogen-bond acceptors (Lipinski definition) is 2. The third kappa shape index (κ3) is 5.03. The van der Waals surface area contributed by atoms with E-state index < -0.39 is 0 Å². The van der Waals surface area contributed by atoms with Gasteiger partial charge in [0, 0.05) is 29.6 Å². The molecule has 3 nitrogen and oxygen atoms in total. The molecule has 25 heavy (non-hydrogen) atoms. The first-order chi connectivity index (χ1) is 12.1. The van der Waals surface area contributed by atoms with E-state index in [4.69, 9.17) is 11.6 Å². The lowest BCUT2D eigenvalue weighted by Gasteiger charge is -2.31. The molecule has 1 aliphatic heterocycles. The predicted molar refractivity (Wildman–Crippen MR) is 97.7 cm³/mol. The van der Waals surface area contributed by atoms with Gasteiger partial charge in [-0.05, 0) is 43.6 Å². The maximum absolute atomic E-state index is 13.9. The van der Waals surface area contributed by atoms with Crippen molar-refractivity contribution in [1.82, 2.24) is 10.2 Å². The van der Waals surface area contributed by atoms with Gasteiger partial charge in [0.05, 0.1) is 0 Å². The van der Waals surface area contributed by atoms with Crippen LogP contribution in [-0.2, 0) is 17.9 Å². The van der Waals surface area contributed by atoms with Crippen molar-refractivity contribution < 1.29 is 9.18 Å². The summed E-state index contributed by atoms with van der Waals surface area (Å²) in [5.74, 6) is -0.119. The molecule has 2 aromatic rings. The highest BCUT2D eigenvalue weighted by atomic mass is 35.5. The zero-order chi connectivity index (χ0) is 17.6. The number of carbonyl (C=O) groups excluding carboxylic acids is 1. The van der Waals surface area contributed by atoms with Crippen LogP contribution in [0.3, 0.4) is 0 Å². The fourth-order valence-corrected chi connectivity index (χ4v) is 3.33. The van der Waals surface area contributed by atoms with E-state index in [-0.39, 0.29) is 17.6 Å². The molecule has 1 heterocycles. The topological polar surface area (TPSA) is 32.3 Å². The van der Waals surface area contributed by atoms with Gasteiger partial charge in [-0.15, -0.1) is 0 Å². The molecule has 0 aliphatic carbocycles. The van der Waals surface area contributed by atoms with E-state index in [1.165, 1.54) is 6.07 Å². The van der Waals surface area contributed by atoms with Crippen LogP contribution in [0.5, 0.6) is 0 Å². The second-order valence-corrected chi connectivity index (χ2v) is 6.93. The minimum atomic E-state index is -0.268. The van der Waals surface area contributed by atoms with Crippen molar-refractivity contribution in [3.8, 4) is 0 Å². The Morgan fingerprint density at radius 1 is 1.16 bits per heavy atom. The number of hydrogen-bond donors (Lipinski definition) is 1. The zero-order valence-corrected chi connectivity index (χ0v) is 14.8. The van der Waals surface area contributed by atoms with Gasteiger partial charge < -0.3 is 5.32 Å². The van der Waals surface area contributed by atoms with Crippen LogP contribution in [0.15, 0.2) is 48.5 Å². The van der Waals surface area contributed by atoms with Crippen LogP contribution >= 0.6 is 11.6 Å². The van der Waals surface area contributed by atoms with Crippen molar-refractivity contribution in [3.63, 3.8) is 0 Å². The van der Waals surface area contributed by atoms with Gasteiger partial charge in [0.1, 0.15) is 5.82 Å². The highest BCUT2D eigenvalue weighted by molar-refractivity contribution is 6.30. The van der Waals surface area contributed by atoms with Crippen LogP contribution in [0.2, 0.25) is 5.02 Å². The first-order valence-corrected chi connectivity index (χ1v) is 8.97. The Bertz CT molecular complexity index is 715. The van der Waals surface area contributed by atoms with Gasteiger partial charge in [0.25, 0.3) is 0 Å². The molecule has 1 fully saturated rings. The molecule has 0 unspecified atom stereocenters. The van der Waals surface area contributed by atoms with E-state index in [2.05, 4.69) is 10.2 Å². The van der Waals surface area contributed by atoms with Crippen LogP contribution in [0.25, 0.3) is 0 Å². The fourth-order valence-electron chi connectivity index (χ4n) is 3.17. The van der Waals surface area contributed by atoms with Gasteiger partial charge >= 0.3 is 0 Å². The Labute approximate surface area is 152 Å². The maximum atomic E-state index is 13.9. The molecule has 1 amide bonds. The van der Waals surface area contributed by atoms with Crippen LogP contribution in [0, 0.1) is 11.7 Å². The zero-order valence-electron chi connectivity index (χ0n) is 14.1. The number of nitrogens with one attached hydrogen (secondary N) is 1.